The normalized spacial score (nSPS) is 12.0. The predicted molar refractivity (Wildman–Crippen MR) is 108 cm³/mol. The number of hydrazone groups is 1. The van der Waals surface area contributed by atoms with Crippen molar-refractivity contribution < 1.29 is 9.90 Å². The number of aliphatic hydroxyl groups excluding tert-OH is 1. The first-order valence-electron chi connectivity index (χ1n) is 8.61. The van der Waals surface area contributed by atoms with Gasteiger partial charge in [0.05, 0.1) is 6.61 Å². The van der Waals surface area contributed by atoms with Gasteiger partial charge in [-0.1, -0.05) is 45.0 Å². The van der Waals surface area contributed by atoms with E-state index in [0.717, 1.165) is 10.7 Å². The molecular formula is C20H27N5O2. The van der Waals surface area contributed by atoms with Crippen molar-refractivity contribution in [3.8, 4) is 0 Å². The maximum Gasteiger partial charge on any atom is 0.255 e. The fourth-order valence-electron chi connectivity index (χ4n) is 2.65. The van der Waals surface area contributed by atoms with Crippen molar-refractivity contribution >= 4 is 17.4 Å². The molecule has 0 aliphatic heterocycles. The van der Waals surface area contributed by atoms with Crippen molar-refractivity contribution in [1.82, 2.24) is 5.12 Å². The monoisotopic (exact) mass is 369 g/mol. The molecule has 0 radical (unpaired) electrons. The van der Waals surface area contributed by atoms with E-state index in [9.17, 15) is 9.90 Å². The van der Waals surface area contributed by atoms with Crippen LogP contribution in [0.5, 0.6) is 0 Å². The standard InChI is InChI=1S/C20H27N5O2/c1-20(2,3)14-10-8-13(9-11-14)19(27)23-17-7-5-6-15(16(17)12-26)18(21)24-25(4)22/h5-11,26H,12,22H2,1-4H3,(H2,21,24)(H,23,27). The molecule has 0 unspecified atom stereocenters. The Labute approximate surface area is 159 Å². The second-order valence-corrected chi connectivity index (χ2v) is 7.33. The van der Waals surface area contributed by atoms with Crippen molar-refractivity contribution in [3.05, 3.63) is 64.7 Å². The number of carbonyl (C=O) groups is 1. The quantitative estimate of drug-likeness (QED) is 0.279. The maximum absolute atomic E-state index is 12.6. The van der Waals surface area contributed by atoms with E-state index < -0.39 is 0 Å². The molecule has 0 bridgehead atoms. The lowest BCUT2D eigenvalue weighted by Crippen LogP contribution is -2.26. The Morgan fingerprint density at radius 3 is 2.33 bits per heavy atom. The molecule has 2 aromatic carbocycles. The van der Waals surface area contributed by atoms with Gasteiger partial charge in [0.15, 0.2) is 5.84 Å². The molecule has 0 heterocycles. The minimum atomic E-state index is -0.306. The average Bonchev–Trinajstić information content (AvgIpc) is 2.60. The molecule has 144 valence electrons. The van der Waals surface area contributed by atoms with Gasteiger partial charge in [-0.15, -0.1) is 5.10 Å². The molecule has 0 fully saturated rings. The first kappa shape index (κ1) is 20.4. The van der Waals surface area contributed by atoms with Crippen molar-refractivity contribution in [2.24, 2.45) is 16.7 Å². The topological polar surface area (TPSA) is 117 Å². The van der Waals surface area contributed by atoms with Crippen LogP contribution < -0.4 is 16.9 Å². The molecule has 2 aromatic rings. The molecule has 27 heavy (non-hydrogen) atoms. The molecule has 0 saturated carbocycles. The lowest BCUT2D eigenvalue weighted by Gasteiger charge is -2.19. The van der Waals surface area contributed by atoms with E-state index in [0.29, 0.717) is 22.4 Å². The lowest BCUT2D eigenvalue weighted by atomic mass is 9.86. The molecule has 1 amide bonds. The third kappa shape index (κ3) is 5.06. The number of hydrogen-bond donors (Lipinski definition) is 4. The van der Waals surface area contributed by atoms with Crippen LogP contribution in [0.2, 0.25) is 0 Å². The Morgan fingerprint density at radius 2 is 1.81 bits per heavy atom. The molecule has 0 aromatic heterocycles. The summed E-state index contributed by atoms with van der Waals surface area (Å²) in [4.78, 5) is 12.6. The van der Waals surface area contributed by atoms with E-state index in [1.54, 1.807) is 37.4 Å². The zero-order chi connectivity index (χ0) is 20.2. The Balaban J connectivity index is 2.30. The summed E-state index contributed by atoms with van der Waals surface area (Å²) in [5, 5.41) is 17.6. The first-order chi connectivity index (χ1) is 12.6. The van der Waals surface area contributed by atoms with Crippen molar-refractivity contribution in [1.29, 1.82) is 0 Å². The van der Waals surface area contributed by atoms with E-state index in [2.05, 4.69) is 31.2 Å². The van der Waals surface area contributed by atoms with E-state index in [-0.39, 0.29) is 23.8 Å². The number of aliphatic hydroxyl groups is 1. The van der Waals surface area contributed by atoms with Crippen LogP contribution in [0, 0.1) is 0 Å². The Kier molecular flexibility index (Phi) is 6.20. The number of amidine groups is 1. The van der Waals surface area contributed by atoms with Crippen LogP contribution in [0.4, 0.5) is 5.69 Å². The van der Waals surface area contributed by atoms with Crippen LogP contribution in [-0.2, 0) is 12.0 Å². The smallest absolute Gasteiger partial charge is 0.255 e. The van der Waals surface area contributed by atoms with Crippen LogP contribution >= 0.6 is 0 Å². The molecule has 0 saturated heterocycles. The number of nitrogens with two attached hydrogens (primary N) is 2. The molecule has 0 atom stereocenters. The molecule has 7 heteroatoms. The van der Waals surface area contributed by atoms with Crippen LogP contribution in [0.1, 0.15) is 47.8 Å². The van der Waals surface area contributed by atoms with Gasteiger partial charge in [-0.05, 0) is 29.2 Å². The molecule has 0 aliphatic rings. The van der Waals surface area contributed by atoms with Gasteiger partial charge in [-0.3, -0.25) is 4.79 Å². The number of amides is 1. The van der Waals surface area contributed by atoms with Gasteiger partial charge >= 0.3 is 0 Å². The number of carbonyl (C=O) groups excluding carboxylic acids is 1. The highest BCUT2D eigenvalue weighted by Gasteiger charge is 2.16. The van der Waals surface area contributed by atoms with Gasteiger partial charge in [0.2, 0.25) is 0 Å². The zero-order valence-corrected chi connectivity index (χ0v) is 16.2. The van der Waals surface area contributed by atoms with E-state index in [1.807, 2.05) is 12.1 Å². The SMILES string of the molecule is CN(N)N=C(N)c1cccc(NC(=O)c2ccc(C(C)(C)C)cc2)c1CO. The number of rotatable bonds is 5. The molecular weight excluding hydrogens is 342 g/mol. The fourth-order valence-corrected chi connectivity index (χ4v) is 2.65. The van der Waals surface area contributed by atoms with Gasteiger partial charge in [0.25, 0.3) is 5.91 Å². The minimum absolute atomic E-state index is 0.0143. The summed E-state index contributed by atoms with van der Waals surface area (Å²) >= 11 is 0. The number of hydrazine groups is 1. The van der Waals surface area contributed by atoms with Crippen LogP contribution in [0.25, 0.3) is 0 Å². The van der Waals surface area contributed by atoms with Crippen molar-refractivity contribution in [2.75, 3.05) is 12.4 Å². The second kappa shape index (κ2) is 8.20. The van der Waals surface area contributed by atoms with Crippen molar-refractivity contribution in [3.63, 3.8) is 0 Å². The highest BCUT2D eigenvalue weighted by molar-refractivity contribution is 6.06. The second-order valence-electron chi connectivity index (χ2n) is 7.33. The van der Waals surface area contributed by atoms with Gasteiger partial charge < -0.3 is 16.2 Å². The Bertz CT molecular complexity index is 836. The highest BCUT2D eigenvalue weighted by atomic mass is 16.3. The number of benzene rings is 2. The third-order valence-electron chi connectivity index (χ3n) is 4.14. The Hall–Kier alpha value is -2.90. The highest BCUT2D eigenvalue weighted by Crippen LogP contribution is 2.24. The third-order valence-corrected chi connectivity index (χ3v) is 4.14. The predicted octanol–water partition coefficient (Wildman–Crippen LogP) is 2.15. The molecule has 7 nitrogen and oxygen atoms in total. The summed E-state index contributed by atoms with van der Waals surface area (Å²) in [5.41, 5.74) is 9.09. The summed E-state index contributed by atoms with van der Waals surface area (Å²) in [5.74, 6) is 5.37. The molecule has 0 spiro atoms. The number of nitrogens with zero attached hydrogens (tertiary/aromatic N) is 2. The van der Waals surface area contributed by atoms with E-state index >= 15 is 0 Å². The zero-order valence-electron chi connectivity index (χ0n) is 16.2. The fraction of sp³-hybridized carbons (Fsp3) is 0.300. The first-order valence-corrected chi connectivity index (χ1v) is 8.61. The van der Waals surface area contributed by atoms with Gasteiger partial charge in [-0.25, -0.2) is 11.0 Å². The van der Waals surface area contributed by atoms with Gasteiger partial charge in [0, 0.05) is 29.4 Å². The van der Waals surface area contributed by atoms with Gasteiger partial charge in [-0.2, -0.15) is 0 Å². The van der Waals surface area contributed by atoms with E-state index in [1.165, 1.54) is 0 Å². The summed E-state index contributed by atoms with van der Waals surface area (Å²) in [6, 6.07) is 12.6. The number of hydrogen-bond acceptors (Lipinski definition) is 5. The van der Waals surface area contributed by atoms with Crippen molar-refractivity contribution in [2.45, 2.75) is 32.8 Å². The summed E-state index contributed by atoms with van der Waals surface area (Å²) in [6.45, 7) is 6.04. The number of nitrogens with one attached hydrogen (secondary N) is 1. The van der Waals surface area contributed by atoms with E-state index in [4.69, 9.17) is 11.6 Å². The lowest BCUT2D eigenvalue weighted by molar-refractivity contribution is 0.102. The van der Waals surface area contributed by atoms with Gasteiger partial charge in [0.1, 0.15) is 0 Å². The average molecular weight is 369 g/mol. The summed E-state index contributed by atoms with van der Waals surface area (Å²) < 4.78 is 0. The summed E-state index contributed by atoms with van der Waals surface area (Å²) in [6.07, 6.45) is 0. The minimum Gasteiger partial charge on any atom is -0.392 e. The van der Waals surface area contributed by atoms with Crippen LogP contribution in [0.3, 0.4) is 0 Å². The Morgan fingerprint density at radius 1 is 1.19 bits per heavy atom. The molecule has 2 rings (SSSR count). The largest absolute Gasteiger partial charge is 0.392 e. The maximum atomic E-state index is 12.6. The van der Waals surface area contributed by atoms with Crippen LogP contribution in [0.15, 0.2) is 47.6 Å². The number of anilines is 1. The molecule has 6 N–H and O–H groups in total. The van der Waals surface area contributed by atoms with Crippen LogP contribution in [-0.4, -0.2) is 29.0 Å². The molecule has 0 aliphatic carbocycles. The summed E-state index contributed by atoms with van der Waals surface area (Å²) in [7, 11) is 1.54.